The third-order valence-electron chi connectivity index (χ3n) is 8.63. The highest BCUT2D eigenvalue weighted by atomic mass is 35.5. The van der Waals surface area contributed by atoms with Crippen molar-refractivity contribution < 1.29 is 23.8 Å². The lowest BCUT2D eigenvalue weighted by atomic mass is 10.0. The Kier molecular flexibility index (Phi) is 11.4. The lowest BCUT2D eigenvalue weighted by molar-refractivity contribution is 0.0589. The van der Waals surface area contributed by atoms with Gasteiger partial charge in [-0.15, -0.1) is 23.5 Å². The molecule has 0 atom stereocenters. The number of hydrogen-bond donors (Lipinski definition) is 1. The Balaban J connectivity index is 1.48. The Labute approximate surface area is 304 Å². The molecule has 9 nitrogen and oxygen atoms in total. The number of methoxy groups -OCH3 is 1. The fourth-order valence-electron chi connectivity index (χ4n) is 6.35. The van der Waals surface area contributed by atoms with Gasteiger partial charge in [-0.2, -0.15) is 10.2 Å². The van der Waals surface area contributed by atoms with Gasteiger partial charge >= 0.3 is 5.97 Å². The smallest absolute Gasteiger partial charge is 0.354 e. The lowest BCUT2D eigenvalue weighted by Crippen LogP contribution is -2.22. The first kappa shape index (κ1) is 35.8. The summed E-state index contributed by atoms with van der Waals surface area (Å²) in [5.41, 5.74) is 5.65. The summed E-state index contributed by atoms with van der Waals surface area (Å²) in [6, 6.07) is 14.6. The number of aryl methyl sites for hydroxylation is 3. The molecule has 1 N–H and O–H groups in total. The largest absolute Gasteiger partial charge is 0.493 e. The highest BCUT2D eigenvalue weighted by Crippen LogP contribution is 2.37. The molecule has 0 aliphatic carbocycles. The minimum Gasteiger partial charge on any atom is -0.493 e. The van der Waals surface area contributed by atoms with Crippen molar-refractivity contribution >= 4 is 75.1 Å². The molecule has 3 aromatic carbocycles. The number of benzene rings is 3. The zero-order valence-electron chi connectivity index (χ0n) is 28.4. The number of ether oxygens (including phenoxy) is 2. The van der Waals surface area contributed by atoms with Crippen molar-refractivity contribution in [2.45, 2.75) is 36.2 Å². The van der Waals surface area contributed by atoms with Crippen molar-refractivity contribution in [2.75, 3.05) is 32.6 Å². The Bertz CT molecular complexity index is 2110. The number of carbonyl (C=O) groups is 1. The fourth-order valence-corrected chi connectivity index (χ4v) is 8.44. The van der Waals surface area contributed by atoms with Crippen LogP contribution in [0.3, 0.4) is 0 Å². The molecule has 0 saturated carbocycles. The lowest BCUT2D eigenvalue weighted by Gasteiger charge is -2.22. The van der Waals surface area contributed by atoms with Gasteiger partial charge in [0.05, 0.1) is 38.1 Å². The molecule has 2 aromatic heterocycles. The zero-order valence-corrected chi connectivity index (χ0v) is 30.8. The van der Waals surface area contributed by atoms with E-state index >= 15 is 0 Å². The molecule has 50 heavy (non-hydrogen) atoms. The van der Waals surface area contributed by atoms with Gasteiger partial charge < -0.3 is 19.1 Å². The maximum absolute atomic E-state index is 14.3. The minimum absolute atomic E-state index is 0.0889. The van der Waals surface area contributed by atoms with Gasteiger partial charge in [-0.1, -0.05) is 17.7 Å². The van der Waals surface area contributed by atoms with Crippen molar-refractivity contribution in [2.24, 2.45) is 19.2 Å². The number of aromatic nitrogens is 3. The van der Waals surface area contributed by atoms with Crippen LogP contribution in [0.2, 0.25) is 5.02 Å². The van der Waals surface area contributed by atoms with E-state index in [0.29, 0.717) is 59.7 Å². The SMILES string of the molecule is C/C=N/N(CCO)/C1=C/c2c(Cl)ccc3c(c(C(=O)OC)n(C)c23)CCCOc2cc(cc3cc(F)ccc23)SCc2cc(nn2C)CSC1. The molecule has 0 fully saturated rings. The number of thioether (sulfide) groups is 2. The van der Waals surface area contributed by atoms with E-state index in [1.807, 2.05) is 60.6 Å². The second kappa shape index (κ2) is 15.9. The summed E-state index contributed by atoms with van der Waals surface area (Å²) in [7, 11) is 5.16. The van der Waals surface area contributed by atoms with E-state index in [1.165, 1.54) is 19.2 Å². The van der Waals surface area contributed by atoms with E-state index in [9.17, 15) is 14.3 Å². The number of hydrogen-bond acceptors (Lipinski definition) is 9. The molecule has 6 rings (SSSR count). The standard InChI is InChI=1S/C37H39ClFN5O4S2/c1-5-40-44(12-13-45)27-18-32-33(38)11-10-31-30(36(37(46)47-4)42(2)35(31)32)7-6-14-48-34-19-28(16-23-15-24(39)8-9-29(23)34)50-22-26-17-25(20-49-21-27)41-43(26)3/h5,8-11,15-19,45H,6-7,12-14,20-22H2,1-4H3/b27-18+,40-5+. The van der Waals surface area contributed by atoms with E-state index in [0.717, 1.165) is 54.8 Å². The molecule has 0 spiro atoms. The Morgan fingerprint density at radius 3 is 2.76 bits per heavy atom. The summed E-state index contributed by atoms with van der Waals surface area (Å²) in [5.74, 6) is 1.80. The Hall–Kier alpha value is -3.97. The third-order valence-corrected chi connectivity index (χ3v) is 11.0. The Morgan fingerprint density at radius 2 is 1.98 bits per heavy atom. The van der Waals surface area contributed by atoms with Crippen LogP contribution in [0.25, 0.3) is 27.8 Å². The third kappa shape index (κ3) is 7.53. The maximum Gasteiger partial charge on any atom is 0.354 e. The normalized spacial score (nSPS) is 15.5. The van der Waals surface area contributed by atoms with Gasteiger partial charge in [0.25, 0.3) is 0 Å². The fraction of sp³-hybridized carbons (Fsp3) is 0.324. The van der Waals surface area contributed by atoms with Crippen molar-refractivity contribution in [3.63, 3.8) is 0 Å². The average Bonchev–Trinajstić information content (AvgIpc) is 3.60. The number of halogens is 2. The molecule has 1 aliphatic heterocycles. The quantitative estimate of drug-likeness (QED) is 0.111. The first-order valence-electron chi connectivity index (χ1n) is 16.3. The maximum atomic E-state index is 14.3. The van der Waals surface area contributed by atoms with Crippen LogP contribution < -0.4 is 4.74 Å². The van der Waals surface area contributed by atoms with Gasteiger partial charge in [0.1, 0.15) is 17.3 Å². The van der Waals surface area contributed by atoms with Crippen LogP contribution in [0.1, 0.15) is 46.3 Å². The van der Waals surface area contributed by atoms with Gasteiger partial charge in [-0.25, -0.2) is 9.18 Å². The number of aliphatic hydroxyl groups is 1. The number of aliphatic hydroxyl groups excluding tert-OH is 1. The van der Waals surface area contributed by atoms with E-state index in [4.69, 9.17) is 26.2 Å². The molecule has 3 heterocycles. The van der Waals surface area contributed by atoms with Gasteiger partial charge in [-0.3, -0.25) is 9.69 Å². The van der Waals surface area contributed by atoms with Gasteiger partial charge in [0.2, 0.25) is 0 Å². The number of carbonyl (C=O) groups excluding carboxylic acids is 1. The Morgan fingerprint density at radius 1 is 1.16 bits per heavy atom. The van der Waals surface area contributed by atoms with Gasteiger partial charge in [-0.05, 0) is 79.3 Å². The molecule has 1 aliphatic rings. The zero-order chi connectivity index (χ0) is 35.4. The first-order chi connectivity index (χ1) is 24.2. The summed E-state index contributed by atoms with van der Waals surface area (Å²) in [6.07, 6.45) is 4.83. The molecule has 0 saturated heterocycles. The molecule has 262 valence electrons. The average molecular weight is 736 g/mol. The molecule has 13 heteroatoms. The molecule has 8 bridgehead atoms. The van der Waals surface area contributed by atoms with Gasteiger partial charge in [0, 0.05) is 75.2 Å². The van der Waals surface area contributed by atoms with Crippen molar-refractivity contribution in [3.05, 3.63) is 93.3 Å². The summed E-state index contributed by atoms with van der Waals surface area (Å²) in [5, 5.41) is 24.1. The summed E-state index contributed by atoms with van der Waals surface area (Å²) >= 11 is 10.3. The molecule has 0 amide bonds. The number of nitrogens with zero attached hydrogens (tertiary/aromatic N) is 5. The van der Waals surface area contributed by atoms with Crippen LogP contribution in [0.5, 0.6) is 5.75 Å². The predicted molar refractivity (Wildman–Crippen MR) is 202 cm³/mol. The van der Waals surface area contributed by atoms with E-state index in [2.05, 4.69) is 11.2 Å². The number of rotatable bonds is 5. The summed E-state index contributed by atoms with van der Waals surface area (Å²) in [6.45, 7) is 2.41. The number of fused-ring (bicyclic) bond motifs is 6. The number of esters is 1. The minimum atomic E-state index is -0.444. The highest BCUT2D eigenvalue weighted by Gasteiger charge is 2.25. The van der Waals surface area contributed by atoms with Crippen molar-refractivity contribution in [3.8, 4) is 5.75 Å². The van der Waals surface area contributed by atoms with Crippen molar-refractivity contribution in [1.29, 1.82) is 0 Å². The van der Waals surface area contributed by atoms with E-state index in [1.54, 1.807) is 40.8 Å². The second-order valence-corrected chi connectivity index (χ2v) is 14.3. The summed E-state index contributed by atoms with van der Waals surface area (Å²) < 4.78 is 29.7. The molecular weight excluding hydrogens is 697 g/mol. The topological polar surface area (TPSA) is 94.1 Å². The van der Waals surface area contributed by atoms with Crippen LogP contribution in [0, 0.1) is 5.82 Å². The predicted octanol–water partition coefficient (Wildman–Crippen LogP) is 7.84. The van der Waals surface area contributed by atoms with Crippen LogP contribution in [0.4, 0.5) is 4.39 Å². The monoisotopic (exact) mass is 735 g/mol. The second-order valence-electron chi connectivity index (χ2n) is 11.9. The number of hydrazone groups is 1. The first-order valence-corrected chi connectivity index (χ1v) is 18.8. The van der Waals surface area contributed by atoms with Crippen LogP contribution in [-0.2, 0) is 36.8 Å². The van der Waals surface area contributed by atoms with Crippen LogP contribution >= 0.6 is 35.1 Å². The van der Waals surface area contributed by atoms with Gasteiger partial charge in [0.15, 0.2) is 0 Å². The van der Waals surface area contributed by atoms with Crippen molar-refractivity contribution in [1.82, 2.24) is 19.4 Å². The molecule has 0 unspecified atom stereocenters. The molecule has 5 aromatic rings. The van der Waals surface area contributed by atoms with E-state index in [-0.39, 0.29) is 12.4 Å². The highest BCUT2D eigenvalue weighted by molar-refractivity contribution is 7.98. The molecular formula is C37H39ClFN5O4S2. The van der Waals surface area contributed by atoms with Crippen LogP contribution in [-0.4, -0.2) is 69.3 Å². The summed E-state index contributed by atoms with van der Waals surface area (Å²) in [4.78, 5) is 14.2. The van der Waals surface area contributed by atoms with Crippen LogP contribution in [0.15, 0.2) is 64.2 Å². The van der Waals surface area contributed by atoms with E-state index < -0.39 is 5.97 Å². The molecule has 0 radical (unpaired) electrons.